The molecule has 0 aliphatic carbocycles. The van der Waals surface area contributed by atoms with E-state index in [1.54, 1.807) is 0 Å². The monoisotopic (exact) mass is 730 g/mol. The maximum Gasteiger partial charge on any atom is 0.330 e. The minimum Gasteiger partial charge on any atom is -0.255 e. The molecule has 278 valence electrons. The molecule has 2 fully saturated rings. The van der Waals surface area contributed by atoms with Crippen LogP contribution in [-0.2, 0) is 64.2 Å². The molecular formula is C40H50N12O2+4. The van der Waals surface area contributed by atoms with E-state index in [-0.39, 0.29) is 38.7 Å². The van der Waals surface area contributed by atoms with E-state index >= 15 is 9.59 Å². The molecule has 54 heavy (non-hydrogen) atoms. The molecule has 4 aromatic heterocycles. The Labute approximate surface area is 315 Å². The number of fused-ring (bicyclic) bond motifs is 1. The molecule has 0 bridgehead atoms. The topological polar surface area (TPSA) is 82.3 Å². The molecule has 8 rings (SSSR count). The zero-order valence-electron chi connectivity index (χ0n) is 31.5. The first kappa shape index (κ1) is 34.9. The number of imidazole rings is 4. The first-order valence-corrected chi connectivity index (χ1v) is 18.9. The maximum absolute atomic E-state index is 15.9. The van der Waals surface area contributed by atoms with Crippen LogP contribution >= 0.6 is 0 Å². The minimum atomic E-state index is -1.37. The Morgan fingerprint density at radius 2 is 0.685 bits per heavy atom. The molecule has 6 heterocycles. The highest BCUT2D eigenvalue weighted by molar-refractivity contribution is 5.89. The molecular weight excluding hydrogens is 681 g/mol. The van der Waals surface area contributed by atoms with Crippen molar-refractivity contribution >= 4 is 12.1 Å². The molecule has 14 heteroatoms. The van der Waals surface area contributed by atoms with E-state index in [1.165, 1.54) is 0 Å². The fraction of sp³-hybridized carbons (Fsp3) is 0.350. The first-order valence-electron chi connectivity index (χ1n) is 18.9. The third-order valence-corrected chi connectivity index (χ3v) is 11.0. The number of nitrogens with zero attached hydrogens (tertiary/aromatic N) is 12. The van der Waals surface area contributed by atoms with Crippen LogP contribution in [0.5, 0.6) is 0 Å². The van der Waals surface area contributed by atoms with E-state index in [2.05, 4.69) is 70.2 Å². The summed E-state index contributed by atoms with van der Waals surface area (Å²) in [4.78, 5) is 39.4. The first-order chi connectivity index (χ1) is 26.4. The van der Waals surface area contributed by atoms with Gasteiger partial charge in [-0.15, -0.1) is 0 Å². The second kappa shape index (κ2) is 14.0. The van der Waals surface area contributed by atoms with E-state index in [0.29, 0.717) is 0 Å². The van der Waals surface area contributed by atoms with Gasteiger partial charge in [0.15, 0.2) is 26.7 Å². The number of aryl methyl sites for hydroxylation is 4. The fourth-order valence-electron chi connectivity index (χ4n) is 8.40. The third-order valence-electron chi connectivity index (χ3n) is 11.0. The number of aromatic nitrogens is 8. The summed E-state index contributed by atoms with van der Waals surface area (Å²) in [6, 6.07) is 19.9. The van der Waals surface area contributed by atoms with Crippen LogP contribution in [0.1, 0.15) is 38.8 Å². The van der Waals surface area contributed by atoms with E-state index in [4.69, 9.17) is 0 Å². The molecule has 0 spiro atoms. The molecule has 2 saturated heterocycles. The quantitative estimate of drug-likeness (QED) is 0.162. The van der Waals surface area contributed by atoms with Crippen LogP contribution in [0.3, 0.4) is 0 Å². The normalized spacial score (nSPS) is 19.8. The van der Waals surface area contributed by atoms with Crippen molar-refractivity contribution in [3.05, 3.63) is 147 Å². The second-order valence-electron chi connectivity index (χ2n) is 14.0. The summed E-state index contributed by atoms with van der Waals surface area (Å²) in [6.07, 6.45) is 24.1. The van der Waals surface area contributed by atoms with Crippen molar-refractivity contribution in [3.8, 4) is 0 Å². The lowest BCUT2D eigenvalue weighted by atomic mass is 9.80. The summed E-state index contributed by atoms with van der Waals surface area (Å²) < 4.78 is 16.5. The van der Waals surface area contributed by atoms with Crippen LogP contribution in [0.15, 0.2) is 136 Å². The predicted octanol–water partition coefficient (Wildman–Crippen LogP) is 3.23. The van der Waals surface area contributed by atoms with Gasteiger partial charge in [0.1, 0.15) is 49.6 Å². The smallest absolute Gasteiger partial charge is 0.255 e. The van der Waals surface area contributed by atoms with Crippen LogP contribution in [0.2, 0.25) is 0 Å². The highest BCUT2D eigenvalue weighted by atomic mass is 16.2. The average Bonchev–Trinajstić information content (AvgIpc) is 4.07. The Hall–Kier alpha value is -6.18. The largest absolute Gasteiger partial charge is 0.330 e. The molecule has 0 atom stereocenters. The minimum absolute atomic E-state index is 0.189. The van der Waals surface area contributed by atoms with E-state index in [9.17, 15) is 0 Å². The van der Waals surface area contributed by atoms with Crippen molar-refractivity contribution < 1.29 is 27.9 Å². The number of hydrogen-bond acceptors (Lipinski definition) is 2. The van der Waals surface area contributed by atoms with Gasteiger partial charge in [0.05, 0.1) is 26.2 Å². The molecule has 0 N–H and O–H groups in total. The zero-order chi connectivity index (χ0) is 37.5. The van der Waals surface area contributed by atoms with Crippen molar-refractivity contribution in [1.29, 1.82) is 0 Å². The van der Waals surface area contributed by atoms with Gasteiger partial charge in [-0.3, -0.25) is 19.6 Å². The van der Waals surface area contributed by atoms with Crippen LogP contribution in [0, 0.1) is 0 Å². The van der Waals surface area contributed by atoms with Crippen molar-refractivity contribution in [1.82, 2.24) is 37.9 Å². The van der Waals surface area contributed by atoms with Gasteiger partial charge in [0.25, 0.3) is 0 Å². The number of amides is 4. The van der Waals surface area contributed by atoms with E-state index in [0.717, 1.165) is 37.3 Å². The maximum atomic E-state index is 15.9. The third kappa shape index (κ3) is 5.38. The lowest BCUT2D eigenvalue weighted by Gasteiger charge is -2.48. The summed E-state index contributed by atoms with van der Waals surface area (Å²) in [5.74, 6) is 0. The van der Waals surface area contributed by atoms with Gasteiger partial charge >= 0.3 is 12.1 Å². The molecule has 0 radical (unpaired) electrons. The van der Waals surface area contributed by atoms with E-state index < -0.39 is 11.3 Å². The molecule has 0 saturated carbocycles. The number of hydrogen-bond donors (Lipinski definition) is 0. The molecule has 2 aromatic carbocycles. The highest BCUT2D eigenvalue weighted by Gasteiger charge is 2.81. The van der Waals surface area contributed by atoms with Crippen LogP contribution < -0.4 is 18.3 Å². The Morgan fingerprint density at radius 1 is 0.426 bits per heavy atom. The van der Waals surface area contributed by atoms with Crippen molar-refractivity contribution in [3.63, 3.8) is 0 Å². The Kier molecular flexibility index (Phi) is 9.04. The van der Waals surface area contributed by atoms with Gasteiger partial charge in [0.2, 0.25) is 36.6 Å². The number of carbonyl (C=O) groups is 2. The Bertz CT molecular complexity index is 1970. The average molecular weight is 731 g/mol. The molecule has 14 nitrogen and oxygen atoms in total. The lowest BCUT2D eigenvalue weighted by Crippen LogP contribution is -2.67. The summed E-state index contributed by atoms with van der Waals surface area (Å²) >= 11 is 0. The number of urea groups is 2. The lowest BCUT2D eigenvalue weighted by molar-refractivity contribution is -0.727. The van der Waals surface area contributed by atoms with Crippen molar-refractivity contribution in [2.24, 2.45) is 0 Å². The van der Waals surface area contributed by atoms with Crippen LogP contribution in [-0.4, -0.2) is 49.9 Å². The van der Waals surface area contributed by atoms with Gasteiger partial charge in [-0.05, 0) is 27.7 Å². The molecule has 2 aliphatic rings. The fourth-order valence-corrected chi connectivity index (χ4v) is 8.40. The predicted molar refractivity (Wildman–Crippen MR) is 196 cm³/mol. The van der Waals surface area contributed by atoms with Gasteiger partial charge < -0.3 is 0 Å². The summed E-state index contributed by atoms with van der Waals surface area (Å²) in [7, 11) is 0. The highest BCUT2D eigenvalue weighted by Crippen LogP contribution is 2.62. The Balaban J connectivity index is 1.46. The second-order valence-corrected chi connectivity index (χ2v) is 14.0. The van der Waals surface area contributed by atoms with Crippen LogP contribution in [0.25, 0.3) is 0 Å². The van der Waals surface area contributed by atoms with Crippen molar-refractivity contribution in [2.75, 3.05) is 0 Å². The van der Waals surface area contributed by atoms with Crippen molar-refractivity contribution in [2.45, 2.75) is 91.9 Å². The number of benzene rings is 2. The van der Waals surface area contributed by atoms with Gasteiger partial charge in [-0.25, -0.2) is 46.1 Å². The SMILES string of the molecule is CCn1cc[n+](CN2C(=O)N(C[n+]3ccn(CC)c3)C3(c4ccccc4)N(C[n+]4ccn(CC)c4)C(=O)N(C[n+]4ccn(CC)c4)C23c2ccccc2)c1. The van der Waals surface area contributed by atoms with Gasteiger partial charge in [0, 0.05) is 11.1 Å². The number of carbonyl (C=O) groups excluding carboxylic acids is 2. The molecule has 2 aliphatic heterocycles. The van der Waals surface area contributed by atoms with Crippen LogP contribution in [0.4, 0.5) is 9.59 Å². The Morgan fingerprint density at radius 3 is 0.907 bits per heavy atom. The summed E-state index contributed by atoms with van der Waals surface area (Å²) in [5.41, 5.74) is -1.07. The molecule has 4 amide bonds. The number of rotatable bonds is 14. The molecule has 0 unspecified atom stereocenters. The molecule has 6 aromatic rings. The summed E-state index contributed by atoms with van der Waals surface area (Å²) in [5, 5.41) is 0. The van der Waals surface area contributed by atoms with Gasteiger partial charge in [-0.1, -0.05) is 60.7 Å². The van der Waals surface area contributed by atoms with E-state index in [1.807, 2.05) is 149 Å². The summed E-state index contributed by atoms with van der Waals surface area (Å²) in [6.45, 7) is 12.3. The van der Waals surface area contributed by atoms with Gasteiger partial charge in [-0.2, -0.15) is 0 Å². The zero-order valence-corrected chi connectivity index (χ0v) is 31.5. The standard InChI is InChI=1S/C40H50N12O2/c1-5-41-19-23-45(27-41)31-49-37(53)50(32-46-24-20-42(6-2)28-46)40(36-17-13-10-14-18-36)39(49,35-15-11-9-12-16-35)51(33-47-25-21-43(7-3)29-47)38(54)52(40)34-48-26-22-44(8-4)30-48/h9-30H,5-8,31-34H2,1-4H3/q+4.